The van der Waals surface area contributed by atoms with Gasteiger partial charge < -0.3 is 24.6 Å². The summed E-state index contributed by atoms with van der Waals surface area (Å²) in [7, 11) is 4.51. The molecule has 0 fully saturated rings. The lowest BCUT2D eigenvalue weighted by Gasteiger charge is -2.35. The molecule has 0 spiro atoms. The van der Waals surface area contributed by atoms with Gasteiger partial charge in [-0.05, 0) is 47.7 Å². The average molecular weight is 557 g/mol. The number of ketones is 1. The van der Waals surface area contributed by atoms with E-state index in [4.69, 9.17) is 14.2 Å². The zero-order valence-corrected chi connectivity index (χ0v) is 23.2. The van der Waals surface area contributed by atoms with Crippen LogP contribution in [0, 0.1) is 0 Å². The van der Waals surface area contributed by atoms with E-state index >= 15 is 0 Å². The fraction of sp³-hybridized carbons (Fsp3) is 0.281. The van der Waals surface area contributed by atoms with Crippen LogP contribution in [0.25, 0.3) is 0 Å². The zero-order chi connectivity index (χ0) is 29.1. The van der Waals surface area contributed by atoms with Crippen LogP contribution in [0.2, 0.25) is 0 Å². The second-order valence-electron chi connectivity index (χ2n) is 9.99. The van der Waals surface area contributed by atoms with Crippen molar-refractivity contribution in [2.75, 3.05) is 31.5 Å². The molecule has 2 atom stereocenters. The van der Waals surface area contributed by atoms with Gasteiger partial charge in [-0.15, -0.1) is 0 Å². The number of ether oxygens (including phenoxy) is 3. The van der Waals surface area contributed by atoms with Gasteiger partial charge in [0.25, 0.3) is 0 Å². The number of rotatable bonds is 8. The number of methoxy groups -OCH3 is 3. The van der Waals surface area contributed by atoms with E-state index in [0.29, 0.717) is 46.2 Å². The second-order valence-corrected chi connectivity index (χ2v) is 9.99. The molecule has 0 bridgehead atoms. The van der Waals surface area contributed by atoms with Gasteiger partial charge in [0.15, 0.2) is 17.3 Å². The molecule has 1 heterocycles. The second kappa shape index (κ2) is 11.8. The third kappa shape index (κ3) is 5.35. The molecule has 0 saturated heterocycles. The van der Waals surface area contributed by atoms with Gasteiger partial charge in [-0.2, -0.15) is 0 Å². The van der Waals surface area contributed by atoms with E-state index in [1.54, 1.807) is 18.2 Å². The van der Waals surface area contributed by atoms with E-state index in [-0.39, 0.29) is 31.0 Å². The zero-order valence-electron chi connectivity index (χ0n) is 23.2. The van der Waals surface area contributed by atoms with Gasteiger partial charge in [-0.25, -0.2) is 0 Å². The molecule has 2 aliphatic rings. The Balaban J connectivity index is 1.75. The highest BCUT2D eigenvalue weighted by Crippen LogP contribution is 2.50. The number of carboxylic acid groups (broad SMARTS) is 1. The largest absolute Gasteiger partial charge is 0.493 e. The number of benzene rings is 3. The average Bonchev–Trinajstić information content (AvgIpc) is 3.14. The number of anilines is 2. The first kappa shape index (κ1) is 27.8. The number of para-hydroxylation sites is 2. The Morgan fingerprint density at radius 3 is 2.17 bits per heavy atom. The van der Waals surface area contributed by atoms with Crippen molar-refractivity contribution in [3.05, 3.63) is 89.1 Å². The molecule has 0 aromatic heterocycles. The molecular weight excluding hydrogens is 524 g/mol. The number of carbonyl (C=O) groups is 3. The Kier molecular flexibility index (Phi) is 7.96. The predicted octanol–water partition coefficient (Wildman–Crippen LogP) is 5.48. The fourth-order valence-electron chi connectivity index (χ4n) is 5.74. The lowest BCUT2D eigenvalue weighted by atomic mass is 9.78. The monoisotopic (exact) mass is 556 g/mol. The number of carbonyl (C=O) groups excluding carboxylic acids is 2. The van der Waals surface area contributed by atoms with E-state index in [1.807, 2.05) is 48.5 Å². The summed E-state index contributed by atoms with van der Waals surface area (Å²) in [6.45, 7) is 0. The van der Waals surface area contributed by atoms with Crippen LogP contribution in [0.5, 0.6) is 17.2 Å². The number of nitrogens with zero attached hydrogens (tertiary/aromatic N) is 1. The summed E-state index contributed by atoms with van der Waals surface area (Å²) in [4.78, 5) is 41.0. The maximum atomic E-state index is 14.1. The highest BCUT2D eigenvalue weighted by molar-refractivity contribution is 6.06. The Bertz CT molecular complexity index is 1490. The van der Waals surface area contributed by atoms with Gasteiger partial charge >= 0.3 is 5.97 Å². The highest BCUT2D eigenvalue weighted by atomic mass is 16.5. The number of fused-ring (bicyclic) bond motifs is 1. The van der Waals surface area contributed by atoms with Gasteiger partial charge in [0.05, 0.1) is 45.2 Å². The third-order valence-corrected chi connectivity index (χ3v) is 7.58. The van der Waals surface area contributed by atoms with Crippen LogP contribution in [0.1, 0.15) is 48.8 Å². The Hall–Kier alpha value is -4.79. The van der Waals surface area contributed by atoms with Crippen molar-refractivity contribution in [1.29, 1.82) is 0 Å². The van der Waals surface area contributed by atoms with Gasteiger partial charge in [0, 0.05) is 24.1 Å². The summed E-state index contributed by atoms with van der Waals surface area (Å²) >= 11 is 0. The number of hydrogen-bond donors (Lipinski definition) is 2. The molecule has 0 saturated carbocycles. The Labute approximate surface area is 238 Å². The van der Waals surface area contributed by atoms with Crippen LogP contribution in [0.4, 0.5) is 11.4 Å². The van der Waals surface area contributed by atoms with E-state index in [2.05, 4.69) is 5.32 Å². The molecule has 5 rings (SSSR count). The van der Waals surface area contributed by atoms with Gasteiger partial charge in [-0.3, -0.25) is 19.3 Å². The molecule has 0 radical (unpaired) electrons. The minimum atomic E-state index is -1.08. The molecular formula is C32H32N2O7. The summed E-state index contributed by atoms with van der Waals surface area (Å²) in [5.74, 6) is -0.527. The third-order valence-electron chi connectivity index (χ3n) is 7.58. The molecule has 9 heteroatoms. The first-order valence-corrected chi connectivity index (χ1v) is 13.4. The van der Waals surface area contributed by atoms with E-state index in [9.17, 15) is 19.5 Å². The highest BCUT2D eigenvalue weighted by Gasteiger charge is 2.42. The smallest absolute Gasteiger partial charge is 0.303 e. The number of nitrogens with one attached hydrogen (secondary N) is 1. The summed E-state index contributed by atoms with van der Waals surface area (Å²) in [5, 5.41) is 12.8. The van der Waals surface area contributed by atoms with Crippen molar-refractivity contribution in [3.63, 3.8) is 0 Å². The maximum absolute atomic E-state index is 14.1. The van der Waals surface area contributed by atoms with Crippen LogP contribution in [-0.4, -0.2) is 44.1 Å². The number of aliphatic carboxylic acids is 1. The van der Waals surface area contributed by atoms with Crippen LogP contribution in [-0.2, 0) is 14.4 Å². The van der Waals surface area contributed by atoms with Crippen molar-refractivity contribution in [3.8, 4) is 17.2 Å². The number of allylic oxidation sites excluding steroid dienone is 1. The first-order valence-electron chi connectivity index (χ1n) is 13.4. The molecule has 0 unspecified atom stereocenters. The lowest BCUT2D eigenvalue weighted by Crippen LogP contribution is -2.38. The Morgan fingerprint density at radius 1 is 0.878 bits per heavy atom. The van der Waals surface area contributed by atoms with Crippen LogP contribution >= 0.6 is 0 Å². The SMILES string of the molecule is COc1cc([C@@H]2C3=C(C[C@H](c4ccccc4)CC3=O)Nc3ccccc3N2C(=O)CCC(=O)O)cc(OC)c1OC. The van der Waals surface area contributed by atoms with Crippen molar-refractivity contribution < 1.29 is 33.7 Å². The lowest BCUT2D eigenvalue weighted by molar-refractivity contribution is -0.138. The van der Waals surface area contributed by atoms with Crippen LogP contribution < -0.4 is 24.4 Å². The topological polar surface area (TPSA) is 114 Å². The number of amides is 1. The summed E-state index contributed by atoms with van der Waals surface area (Å²) in [6.07, 6.45) is 0.229. The molecule has 1 aliphatic heterocycles. The summed E-state index contributed by atoms with van der Waals surface area (Å²) in [5.41, 5.74) is 3.99. The van der Waals surface area contributed by atoms with Crippen LogP contribution in [0.15, 0.2) is 78.0 Å². The summed E-state index contributed by atoms with van der Waals surface area (Å²) in [6, 6.07) is 19.8. The normalized spacial score (nSPS) is 18.0. The maximum Gasteiger partial charge on any atom is 0.303 e. The van der Waals surface area contributed by atoms with Gasteiger partial charge in [0.2, 0.25) is 11.7 Å². The predicted molar refractivity (Wildman–Crippen MR) is 154 cm³/mol. The standard InChI is InChI=1S/C32H32N2O7/c1-39-26-17-21(18-27(40-2)32(26)41-3)31-30-23(15-20(16-25(30)35)19-9-5-4-6-10-19)33-22-11-7-8-12-24(22)34(31)28(36)13-14-29(37)38/h4-12,17-18,20,31,33H,13-16H2,1-3H3,(H,37,38)/t20-,31+/m0/s1. The van der Waals surface area contributed by atoms with Crippen LogP contribution in [0.3, 0.4) is 0 Å². The van der Waals surface area contributed by atoms with Gasteiger partial charge in [0.1, 0.15) is 0 Å². The first-order chi connectivity index (χ1) is 19.9. The summed E-state index contributed by atoms with van der Waals surface area (Å²) < 4.78 is 16.8. The van der Waals surface area contributed by atoms with Crippen molar-refractivity contribution >= 4 is 29.0 Å². The van der Waals surface area contributed by atoms with E-state index in [1.165, 1.54) is 26.2 Å². The van der Waals surface area contributed by atoms with E-state index in [0.717, 1.165) is 11.3 Å². The molecule has 212 valence electrons. The van der Waals surface area contributed by atoms with Crippen molar-refractivity contribution in [2.45, 2.75) is 37.6 Å². The molecule has 3 aromatic carbocycles. The molecule has 1 aliphatic carbocycles. The molecule has 41 heavy (non-hydrogen) atoms. The Morgan fingerprint density at radius 2 is 1.54 bits per heavy atom. The van der Waals surface area contributed by atoms with Crippen molar-refractivity contribution in [1.82, 2.24) is 0 Å². The minimum Gasteiger partial charge on any atom is -0.493 e. The van der Waals surface area contributed by atoms with E-state index < -0.39 is 17.9 Å². The van der Waals surface area contributed by atoms with Gasteiger partial charge in [-0.1, -0.05) is 42.5 Å². The number of carboxylic acids is 1. The number of Topliss-reactive ketones (excluding diaryl/α,β-unsaturated/α-hetero) is 1. The number of hydrogen-bond acceptors (Lipinski definition) is 7. The molecule has 2 N–H and O–H groups in total. The fourth-order valence-corrected chi connectivity index (χ4v) is 5.74. The quantitative estimate of drug-likeness (QED) is 0.375. The molecule has 3 aromatic rings. The van der Waals surface area contributed by atoms with Crippen molar-refractivity contribution in [2.24, 2.45) is 0 Å². The molecule has 9 nitrogen and oxygen atoms in total. The molecule has 1 amide bonds. The minimum absolute atomic E-state index is 0.0445.